The van der Waals surface area contributed by atoms with Crippen molar-refractivity contribution in [2.75, 3.05) is 19.7 Å². The van der Waals surface area contributed by atoms with Crippen molar-refractivity contribution in [2.24, 2.45) is 0 Å². The predicted molar refractivity (Wildman–Crippen MR) is 71.5 cm³/mol. The van der Waals surface area contributed by atoms with E-state index in [9.17, 15) is 8.42 Å². The van der Waals surface area contributed by atoms with Crippen LogP contribution in [0.1, 0.15) is 33.4 Å². The molecule has 0 saturated carbocycles. The molecule has 0 amide bonds. The topological polar surface area (TPSA) is 75.3 Å². The minimum absolute atomic E-state index is 0.0755. The van der Waals surface area contributed by atoms with Crippen molar-refractivity contribution in [1.29, 1.82) is 0 Å². The van der Waals surface area contributed by atoms with E-state index >= 15 is 0 Å². The summed E-state index contributed by atoms with van der Waals surface area (Å²) >= 11 is 0. The highest BCUT2D eigenvalue weighted by Crippen LogP contribution is 2.29. The predicted octanol–water partition coefficient (Wildman–Crippen LogP) is 1.12. The van der Waals surface area contributed by atoms with Crippen LogP contribution < -0.4 is 0 Å². The molecule has 1 aromatic heterocycles. The summed E-state index contributed by atoms with van der Waals surface area (Å²) in [6.07, 6.45) is 1.32. The maximum atomic E-state index is 12.7. The fraction of sp³-hybridized carbons (Fsp3) is 0.750. The van der Waals surface area contributed by atoms with Gasteiger partial charge in [-0.25, -0.2) is 8.42 Å². The SMILES string of the molecule is CC1CN(S(=O)(=O)c2cn[nH]c2C(C)(C)C)CCO1. The van der Waals surface area contributed by atoms with Gasteiger partial charge in [0.15, 0.2) is 0 Å². The van der Waals surface area contributed by atoms with Crippen LogP contribution in [0.2, 0.25) is 0 Å². The summed E-state index contributed by atoms with van der Waals surface area (Å²) in [5.41, 5.74) is 0.350. The molecule has 1 atom stereocenters. The number of ether oxygens (including phenoxy) is 1. The van der Waals surface area contributed by atoms with Gasteiger partial charge < -0.3 is 4.74 Å². The highest BCUT2D eigenvalue weighted by molar-refractivity contribution is 7.89. The van der Waals surface area contributed by atoms with Crippen LogP contribution in [0.5, 0.6) is 0 Å². The number of nitrogens with zero attached hydrogens (tertiary/aromatic N) is 2. The van der Waals surface area contributed by atoms with Gasteiger partial charge in [0.1, 0.15) is 4.90 Å². The van der Waals surface area contributed by atoms with Gasteiger partial charge in [-0.05, 0) is 6.92 Å². The second-order valence-corrected chi connectivity index (χ2v) is 7.81. The molecular formula is C12H21N3O3S. The Bertz CT molecular complexity index is 545. The Balaban J connectivity index is 2.38. The van der Waals surface area contributed by atoms with Crippen LogP contribution in [-0.2, 0) is 20.2 Å². The van der Waals surface area contributed by atoms with Crippen LogP contribution in [0.3, 0.4) is 0 Å². The average Bonchev–Trinajstić information content (AvgIpc) is 2.78. The van der Waals surface area contributed by atoms with Crippen molar-refractivity contribution in [1.82, 2.24) is 14.5 Å². The van der Waals surface area contributed by atoms with E-state index in [0.29, 0.717) is 25.4 Å². The zero-order chi connectivity index (χ0) is 14.3. The lowest BCUT2D eigenvalue weighted by Gasteiger charge is -2.31. The number of rotatable bonds is 2. The minimum Gasteiger partial charge on any atom is -0.376 e. The van der Waals surface area contributed by atoms with Crippen LogP contribution in [0, 0.1) is 0 Å². The summed E-state index contributed by atoms with van der Waals surface area (Å²) in [5, 5.41) is 6.72. The molecule has 2 heterocycles. The van der Waals surface area contributed by atoms with Crippen LogP contribution >= 0.6 is 0 Å². The van der Waals surface area contributed by atoms with E-state index in [-0.39, 0.29) is 16.4 Å². The van der Waals surface area contributed by atoms with Crippen molar-refractivity contribution in [3.05, 3.63) is 11.9 Å². The first-order valence-corrected chi connectivity index (χ1v) is 7.82. The lowest BCUT2D eigenvalue weighted by molar-refractivity contribution is 0.0101. The zero-order valence-electron chi connectivity index (χ0n) is 11.8. The molecular weight excluding hydrogens is 266 g/mol. The molecule has 19 heavy (non-hydrogen) atoms. The highest BCUT2D eigenvalue weighted by atomic mass is 32.2. The molecule has 0 aliphatic carbocycles. The van der Waals surface area contributed by atoms with E-state index in [4.69, 9.17) is 4.74 Å². The Morgan fingerprint density at radius 2 is 2.16 bits per heavy atom. The molecule has 1 unspecified atom stereocenters. The highest BCUT2D eigenvalue weighted by Gasteiger charge is 2.34. The molecule has 0 radical (unpaired) electrons. The third kappa shape index (κ3) is 2.82. The lowest BCUT2D eigenvalue weighted by atomic mass is 9.92. The molecule has 1 aromatic rings. The van der Waals surface area contributed by atoms with Gasteiger partial charge in [-0.15, -0.1) is 0 Å². The van der Waals surface area contributed by atoms with Crippen molar-refractivity contribution in [2.45, 2.75) is 44.1 Å². The quantitative estimate of drug-likeness (QED) is 0.884. The Kier molecular flexibility index (Phi) is 3.72. The Labute approximate surface area is 114 Å². The maximum Gasteiger partial charge on any atom is 0.246 e. The minimum atomic E-state index is -3.51. The first-order valence-electron chi connectivity index (χ1n) is 6.38. The van der Waals surface area contributed by atoms with Gasteiger partial charge in [0.25, 0.3) is 0 Å². The summed E-state index contributed by atoms with van der Waals surface area (Å²) < 4.78 is 32.2. The molecule has 7 heteroatoms. The van der Waals surface area contributed by atoms with E-state index in [0.717, 1.165) is 0 Å². The summed E-state index contributed by atoms with van der Waals surface area (Å²) in [4.78, 5) is 0.272. The molecule has 1 N–H and O–H groups in total. The van der Waals surface area contributed by atoms with Crippen LogP contribution in [0.4, 0.5) is 0 Å². The fourth-order valence-electron chi connectivity index (χ4n) is 2.15. The number of nitrogens with one attached hydrogen (secondary N) is 1. The molecule has 1 saturated heterocycles. The van der Waals surface area contributed by atoms with E-state index in [1.54, 1.807) is 0 Å². The summed E-state index contributed by atoms with van der Waals surface area (Å²) in [6.45, 7) is 8.97. The van der Waals surface area contributed by atoms with E-state index in [1.165, 1.54) is 10.5 Å². The van der Waals surface area contributed by atoms with Gasteiger partial charge >= 0.3 is 0 Å². The smallest absolute Gasteiger partial charge is 0.246 e. The number of aromatic amines is 1. The molecule has 1 fully saturated rings. The molecule has 2 rings (SSSR count). The van der Waals surface area contributed by atoms with Crippen molar-refractivity contribution >= 4 is 10.0 Å². The zero-order valence-corrected chi connectivity index (χ0v) is 12.6. The molecule has 1 aliphatic rings. The summed E-state index contributed by atoms with van der Waals surface area (Å²) in [5.74, 6) is 0. The second-order valence-electron chi connectivity index (χ2n) is 5.90. The Morgan fingerprint density at radius 1 is 1.47 bits per heavy atom. The standard InChI is InChI=1S/C12H21N3O3S/c1-9-8-15(5-6-18-9)19(16,17)10-7-13-14-11(10)12(2,3)4/h7,9H,5-6,8H2,1-4H3,(H,13,14). The van der Waals surface area contributed by atoms with E-state index < -0.39 is 10.0 Å². The van der Waals surface area contributed by atoms with Crippen LogP contribution in [-0.4, -0.2) is 48.7 Å². The molecule has 0 spiro atoms. The van der Waals surface area contributed by atoms with Crippen molar-refractivity contribution in [3.63, 3.8) is 0 Å². The van der Waals surface area contributed by atoms with E-state index in [2.05, 4.69) is 10.2 Å². The van der Waals surface area contributed by atoms with Crippen molar-refractivity contribution in [3.8, 4) is 0 Å². The average molecular weight is 287 g/mol. The van der Waals surface area contributed by atoms with Gasteiger partial charge in [0.2, 0.25) is 10.0 Å². The maximum absolute atomic E-state index is 12.7. The molecule has 0 aromatic carbocycles. The van der Waals surface area contributed by atoms with Gasteiger partial charge in [-0.2, -0.15) is 9.40 Å². The monoisotopic (exact) mass is 287 g/mol. The Morgan fingerprint density at radius 3 is 2.74 bits per heavy atom. The third-order valence-corrected chi connectivity index (χ3v) is 5.05. The van der Waals surface area contributed by atoms with Gasteiger partial charge in [-0.3, -0.25) is 5.10 Å². The second kappa shape index (κ2) is 4.88. The molecule has 108 valence electrons. The normalized spacial score (nSPS) is 22.6. The van der Waals surface area contributed by atoms with E-state index in [1.807, 2.05) is 27.7 Å². The largest absolute Gasteiger partial charge is 0.376 e. The number of morpholine rings is 1. The number of H-pyrrole nitrogens is 1. The summed E-state index contributed by atoms with van der Waals surface area (Å²) in [7, 11) is -3.51. The number of hydrogen-bond acceptors (Lipinski definition) is 4. The van der Waals surface area contributed by atoms with Gasteiger partial charge in [0, 0.05) is 18.5 Å². The molecule has 1 aliphatic heterocycles. The van der Waals surface area contributed by atoms with Gasteiger partial charge in [-0.1, -0.05) is 20.8 Å². The van der Waals surface area contributed by atoms with Crippen LogP contribution in [0.25, 0.3) is 0 Å². The first-order chi connectivity index (χ1) is 8.73. The van der Waals surface area contributed by atoms with Crippen molar-refractivity contribution < 1.29 is 13.2 Å². The molecule has 0 bridgehead atoms. The number of hydrogen-bond donors (Lipinski definition) is 1. The first kappa shape index (κ1) is 14.5. The number of aromatic nitrogens is 2. The fourth-order valence-corrected chi connectivity index (χ4v) is 3.95. The molecule has 6 nitrogen and oxygen atoms in total. The number of sulfonamides is 1. The lowest BCUT2D eigenvalue weighted by Crippen LogP contribution is -2.44. The van der Waals surface area contributed by atoms with Crippen LogP contribution in [0.15, 0.2) is 11.1 Å². The Hall–Kier alpha value is -0.920. The van der Waals surface area contributed by atoms with Gasteiger partial charge in [0.05, 0.1) is 24.6 Å². The third-order valence-electron chi connectivity index (χ3n) is 3.18. The summed E-state index contributed by atoms with van der Waals surface area (Å²) in [6, 6.07) is 0.